The summed E-state index contributed by atoms with van der Waals surface area (Å²) in [5.41, 5.74) is 0. The number of carboxylic acids is 1. The van der Waals surface area contributed by atoms with Crippen molar-refractivity contribution < 1.29 is 9.90 Å². The van der Waals surface area contributed by atoms with Gasteiger partial charge in [-0.05, 0) is 6.42 Å². The second-order valence-corrected chi connectivity index (χ2v) is 2.91. The van der Waals surface area contributed by atoms with Gasteiger partial charge in [0.25, 0.3) is 0 Å². The van der Waals surface area contributed by atoms with Crippen LogP contribution in [0.5, 0.6) is 0 Å². The summed E-state index contributed by atoms with van der Waals surface area (Å²) in [6.07, 6.45) is 7.25. The first-order chi connectivity index (χ1) is 5.27. The molecule has 0 saturated carbocycles. The SMILES string of the molecule is CCCCCCCCC(=O)O.[SnH2]. The van der Waals surface area contributed by atoms with E-state index >= 15 is 0 Å². The van der Waals surface area contributed by atoms with E-state index in [-0.39, 0.29) is 23.9 Å². The fourth-order valence-electron chi connectivity index (χ4n) is 1.06. The van der Waals surface area contributed by atoms with E-state index in [1.54, 1.807) is 0 Å². The number of carboxylic acid groups (broad SMARTS) is 1. The molecule has 0 heterocycles. The van der Waals surface area contributed by atoms with Crippen molar-refractivity contribution in [2.75, 3.05) is 0 Å². The van der Waals surface area contributed by atoms with E-state index < -0.39 is 5.97 Å². The molecular formula is C9H20O2Sn. The first-order valence-electron chi connectivity index (χ1n) is 4.49. The summed E-state index contributed by atoms with van der Waals surface area (Å²) in [6.45, 7) is 2.18. The molecule has 0 aromatic heterocycles. The van der Waals surface area contributed by atoms with Crippen molar-refractivity contribution >= 4 is 29.9 Å². The molecule has 0 bridgehead atoms. The molecule has 12 heavy (non-hydrogen) atoms. The summed E-state index contributed by atoms with van der Waals surface area (Å²) < 4.78 is 0. The number of rotatable bonds is 7. The Balaban J connectivity index is 0. The topological polar surface area (TPSA) is 37.3 Å². The molecule has 0 atom stereocenters. The second-order valence-electron chi connectivity index (χ2n) is 2.91. The molecule has 0 amide bonds. The van der Waals surface area contributed by atoms with Crippen molar-refractivity contribution in [2.45, 2.75) is 51.9 Å². The van der Waals surface area contributed by atoms with E-state index in [2.05, 4.69) is 6.92 Å². The van der Waals surface area contributed by atoms with E-state index in [4.69, 9.17) is 5.11 Å². The minimum absolute atomic E-state index is 0. The van der Waals surface area contributed by atoms with E-state index in [1.165, 1.54) is 25.7 Å². The summed E-state index contributed by atoms with van der Waals surface area (Å²) in [4.78, 5) is 10.1. The van der Waals surface area contributed by atoms with Gasteiger partial charge in [0.15, 0.2) is 0 Å². The molecule has 2 nitrogen and oxygen atoms in total. The summed E-state index contributed by atoms with van der Waals surface area (Å²) in [5, 5.41) is 8.32. The molecule has 0 fully saturated rings. The first-order valence-corrected chi connectivity index (χ1v) is 4.49. The molecule has 0 aromatic rings. The van der Waals surface area contributed by atoms with Crippen LogP contribution in [0.4, 0.5) is 0 Å². The van der Waals surface area contributed by atoms with Gasteiger partial charge in [0.1, 0.15) is 0 Å². The molecule has 0 rings (SSSR count). The third-order valence-corrected chi connectivity index (χ3v) is 1.74. The molecule has 0 aliphatic heterocycles. The van der Waals surface area contributed by atoms with Gasteiger partial charge in [-0.25, -0.2) is 0 Å². The van der Waals surface area contributed by atoms with Gasteiger partial charge in [0.2, 0.25) is 0 Å². The molecule has 0 saturated heterocycles. The zero-order valence-electron chi connectivity index (χ0n) is 8.01. The Morgan fingerprint density at radius 1 is 1.08 bits per heavy atom. The zero-order chi connectivity index (χ0) is 8.53. The fourth-order valence-corrected chi connectivity index (χ4v) is 1.06. The predicted octanol–water partition coefficient (Wildman–Crippen LogP) is 1.91. The average molecular weight is 279 g/mol. The Labute approximate surface area is 91.7 Å². The molecule has 72 valence electrons. The van der Waals surface area contributed by atoms with E-state index in [0.717, 1.165) is 12.8 Å². The molecule has 1 N–H and O–H groups in total. The molecule has 0 spiro atoms. The van der Waals surface area contributed by atoms with Gasteiger partial charge in [-0.3, -0.25) is 4.79 Å². The van der Waals surface area contributed by atoms with Gasteiger partial charge in [-0.1, -0.05) is 39.0 Å². The van der Waals surface area contributed by atoms with Crippen molar-refractivity contribution in [1.29, 1.82) is 0 Å². The van der Waals surface area contributed by atoms with E-state index in [1.807, 2.05) is 0 Å². The molecule has 0 aliphatic carbocycles. The van der Waals surface area contributed by atoms with Crippen LogP contribution < -0.4 is 0 Å². The molecule has 0 aromatic carbocycles. The van der Waals surface area contributed by atoms with E-state index in [9.17, 15) is 4.79 Å². The molecule has 3 heteroatoms. The Bertz CT molecular complexity index is 105. The summed E-state index contributed by atoms with van der Waals surface area (Å²) >= 11 is 0. The third kappa shape index (κ3) is 12.9. The number of hydrogen-bond acceptors (Lipinski definition) is 1. The number of carbonyl (C=O) groups is 1. The molecule has 0 unspecified atom stereocenters. The average Bonchev–Trinajstić information content (AvgIpc) is 1.96. The monoisotopic (exact) mass is 280 g/mol. The quantitative estimate of drug-likeness (QED) is 0.571. The normalized spacial score (nSPS) is 9.08. The Morgan fingerprint density at radius 3 is 2.08 bits per heavy atom. The zero-order valence-corrected chi connectivity index (χ0v) is 12.0. The van der Waals surface area contributed by atoms with Crippen LogP contribution in [-0.2, 0) is 4.79 Å². The molecule has 0 aliphatic rings. The van der Waals surface area contributed by atoms with Crippen LogP contribution in [0.3, 0.4) is 0 Å². The summed E-state index contributed by atoms with van der Waals surface area (Å²) in [7, 11) is 0. The van der Waals surface area contributed by atoms with Gasteiger partial charge in [-0.2, -0.15) is 0 Å². The second kappa shape index (κ2) is 11.3. The van der Waals surface area contributed by atoms with Gasteiger partial charge in [0.05, 0.1) is 0 Å². The predicted molar refractivity (Wildman–Crippen MR) is 54.2 cm³/mol. The molecular weight excluding hydrogens is 259 g/mol. The number of aliphatic carboxylic acids is 1. The van der Waals surface area contributed by atoms with Crippen molar-refractivity contribution in [1.82, 2.24) is 0 Å². The Hall–Kier alpha value is 0.269. The Morgan fingerprint density at radius 2 is 1.58 bits per heavy atom. The van der Waals surface area contributed by atoms with Crippen molar-refractivity contribution in [3.05, 3.63) is 0 Å². The standard InChI is InChI=1S/C9H18O2.Sn.2H/c1-2-3-4-5-6-7-8-9(10)11;;;/h2-8H2,1H3,(H,10,11);;;. The van der Waals surface area contributed by atoms with Crippen molar-refractivity contribution in [2.24, 2.45) is 0 Å². The van der Waals surface area contributed by atoms with Gasteiger partial charge in [0, 0.05) is 6.42 Å². The van der Waals surface area contributed by atoms with Crippen LogP contribution in [0.2, 0.25) is 0 Å². The third-order valence-electron chi connectivity index (χ3n) is 1.74. The maximum absolute atomic E-state index is 10.1. The molecule has 2 radical (unpaired) electrons. The van der Waals surface area contributed by atoms with Crippen LogP contribution >= 0.6 is 0 Å². The van der Waals surface area contributed by atoms with Crippen LogP contribution in [-0.4, -0.2) is 35.0 Å². The van der Waals surface area contributed by atoms with Gasteiger partial charge < -0.3 is 5.11 Å². The van der Waals surface area contributed by atoms with Crippen molar-refractivity contribution in [3.8, 4) is 0 Å². The van der Waals surface area contributed by atoms with Crippen LogP contribution in [0, 0.1) is 0 Å². The van der Waals surface area contributed by atoms with Gasteiger partial charge >= 0.3 is 29.9 Å². The maximum atomic E-state index is 10.1. The fraction of sp³-hybridized carbons (Fsp3) is 0.889. The van der Waals surface area contributed by atoms with Gasteiger partial charge in [-0.15, -0.1) is 0 Å². The number of unbranched alkanes of at least 4 members (excludes halogenated alkanes) is 5. The number of hydrogen-bond donors (Lipinski definition) is 1. The van der Waals surface area contributed by atoms with E-state index in [0.29, 0.717) is 6.42 Å². The Kier molecular flexibility index (Phi) is 13.9. The summed E-state index contributed by atoms with van der Waals surface area (Å²) in [6, 6.07) is 0. The van der Waals surface area contributed by atoms with Crippen LogP contribution in [0.1, 0.15) is 51.9 Å². The summed E-state index contributed by atoms with van der Waals surface area (Å²) in [5.74, 6) is -0.666. The van der Waals surface area contributed by atoms with Crippen molar-refractivity contribution in [3.63, 3.8) is 0 Å². The first kappa shape index (κ1) is 14.8. The minimum atomic E-state index is -0.666. The van der Waals surface area contributed by atoms with Crippen LogP contribution in [0.15, 0.2) is 0 Å². The van der Waals surface area contributed by atoms with Crippen LogP contribution in [0.25, 0.3) is 0 Å².